The molecule has 0 aliphatic carbocycles. The fraction of sp³-hybridized carbons (Fsp3) is 0.389. The van der Waals surface area contributed by atoms with Gasteiger partial charge in [0.1, 0.15) is 11.6 Å². The Morgan fingerprint density at radius 1 is 1.25 bits per heavy atom. The Balaban J connectivity index is 1.60. The molecule has 0 bridgehead atoms. The van der Waals surface area contributed by atoms with Gasteiger partial charge in [0.2, 0.25) is 0 Å². The molecule has 1 fully saturated rings. The topological polar surface area (TPSA) is 66.3 Å². The summed E-state index contributed by atoms with van der Waals surface area (Å²) in [5.41, 5.74) is 1.70. The zero-order valence-corrected chi connectivity index (χ0v) is 13.9. The van der Waals surface area contributed by atoms with E-state index in [2.05, 4.69) is 51.2 Å². The van der Waals surface area contributed by atoms with Crippen molar-refractivity contribution in [3.8, 4) is 0 Å². The van der Waals surface area contributed by atoms with Gasteiger partial charge in [-0.15, -0.1) is 0 Å². The quantitative estimate of drug-likeness (QED) is 0.800. The molecule has 24 heavy (non-hydrogen) atoms. The molecule has 0 amide bonds. The molecule has 0 saturated carbocycles. The maximum Gasteiger partial charge on any atom is 0.276 e. The molecule has 1 aliphatic heterocycles. The fourth-order valence-electron chi connectivity index (χ4n) is 3.59. The Hall–Kier alpha value is -2.47. The maximum absolute atomic E-state index is 12.3. The first-order valence-electron chi connectivity index (χ1n) is 8.32. The number of imidazole rings is 1. The molecule has 1 saturated heterocycles. The number of rotatable bonds is 3. The van der Waals surface area contributed by atoms with Gasteiger partial charge < -0.3 is 4.98 Å². The summed E-state index contributed by atoms with van der Waals surface area (Å²) >= 11 is 0. The lowest BCUT2D eigenvalue weighted by atomic mass is 9.98. The van der Waals surface area contributed by atoms with E-state index in [1.165, 1.54) is 5.56 Å². The second-order valence-electron chi connectivity index (χ2n) is 6.71. The van der Waals surface area contributed by atoms with Crippen LogP contribution in [0.4, 0.5) is 0 Å². The maximum atomic E-state index is 12.3. The van der Waals surface area contributed by atoms with Crippen molar-refractivity contribution in [2.75, 3.05) is 13.1 Å². The van der Waals surface area contributed by atoms with Crippen LogP contribution in [-0.2, 0) is 6.54 Å². The van der Waals surface area contributed by atoms with E-state index in [0.29, 0.717) is 11.4 Å². The number of aromatic nitrogens is 4. The molecular weight excluding hydrogens is 302 g/mol. The molecule has 2 aromatic heterocycles. The second-order valence-corrected chi connectivity index (χ2v) is 6.71. The van der Waals surface area contributed by atoms with Crippen molar-refractivity contribution in [3.05, 3.63) is 64.1 Å². The van der Waals surface area contributed by atoms with Crippen LogP contribution in [0.15, 0.2) is 41.3 Å². The van der Waals surface area contributed by atoms with Gasteiger partial charge in [-0.1, -0.05) is 37.3 Å². The van der Waals surface area contributed by atoms with Gasteiger partial charge in [-0.25, -0.2) is 9.50 Å². The molecule has 124 valence electrons. The first-order chi connectivity index (χ1) is 11.6. The third-order valence-electron chi connectivity index (χ3n) is 4.88. The molecule has 4 rings (SSSR count). The van der Waals surface area contributed by atoms with Crippen LogP contribution >= 0.6 is 0 Å². The Kier molecular flexibility index (Phi) is 3.69. The number of nitrogens with zero attached hydrogens (tertiary/aromatic N) is 4. The molecule has 6 nitrogen and oxygen atoms in total. The molecule has 0 spiro atoms. The molecule has 1 N–H and O–H groups in total. The van der Waals surface area contributed by atoms with E-state index in [4.69, 9.17) is 0 Å². The van der Waals surface area contributed by atoms with Crippen molar-refractivity contribution < 1.29 is 0 Å². The standard InChI is InChI=1S/C18H21N5O/c1-12-9-22(10-14-6-4-3-5-7-14)11-15(12)17-20-18(24)16-8-19-13(2)23(16)21-17/h3-8,12,15H,9-11H2,1-2H3,(H,20,21,24). The van der Waals surface area contributed by atoms with Gasteiger partial charge in [-0.3, -0.25) is 9.69 Å². The van der Waals surface area contributed by atoms with Crippen LogP contribution in [0, 0.1) is 12.8 Å². The number of hydrogen-bond acceptors (Lipinski definition) is 4. The van der Waals surface area contributed by atoms with Gasteiger partial charge in [-0.2, -0.15) is 5.10 Å². The van der Waals surface area contributed by atoms with Gasteiger partial charge in [0.25, 0.3) is 5.56 Å². The van der Waals surface area contributed by atoms with Crippen molar-refractivity contribution in [1.29, 1.82) is 0 Å². The lowest BCUT2D eigenvalue weighted by molar-refractivity contribution is 0.318. The van der Waals surface area contributed by atoms with Gasteiger partial charge in [0.15, 0.2) is 5.52 Å². The van der Waals surface area contributed by atoms with E-state index >= 15 is 0 Å². The van der Waals surface area contributed by atoms with Crippen molar-refractivity contribution in [3.63, 3.8) is 0 Å². The lowest BCUT2D eigenvalue weighted by Crippen LogP contribution is -2.23. The van der Waals surface area contributed by atoms with Crippen LogP contribution in [0.25, 0.3) is 5.52 Å². The fourth-order valence-corrected chi connectivity index (χ4v) is 3.59. The number of aryl methyl sites for hydroxylation is 1. The molecule has 3 aromatic rings. The summed E-state index contributed by atoms with van der Waals surface area (Å²) in [7, 11) is 0. The minimum atomic E-state index is -0.116. The number of fused-ring (bicyclic) bond motifs is 1. The van der Waals surface area contributed by atoms with Crippen LogP contribution in [0.5, 0.6) is 0 Å². The van der Waals surface area contributed by atoms with Crippen molar-refractivity contribution >= 4 is 5.52 Å². The predicted octanol–water partition coefficient (Wildman–Crippen LogP) is 1.96. The zero-order chi connectivity index (χ0) is 16.7. The van der Waals surface area contributed by atoms with E-state index in [1.807, 2.05) is 13.0 Å². The summed E-state index contributed by atoms with van der Waals surface area (Å²) in [5, 5.41) is 4.64. The first-order valence-corrected chi connectivity index (χ1v) is 8.32. The molecule has 2 atom stereocenters. The number of hydrogen-bond donors (Lipinski definition) is 1. The monoisotopic (exact) mass is 323 g/mol. The Morgan fingerprint density at radius 3 is 2.83 bits per heavy atom. The van der Waals surface area contributed by atoms with Gasteiger partial charge >= 0.3 is 0 Å². The molecular formula is C18H21N5O. The Bertz CT molecular complexity index is 914. The SMILES string of the molecule is Cc1ncc2c(=O)[nH]c(C3CN(Cc4ccccc4)CC3C)nn12. The van der Waals surface area contributed by atoms with Gasteiger partial charge in [0, 0.05) is 25.6 Å². The average molecular weight is 323 g/mol. The van der Waals surface area contributed by atoms with E-state index < -0.39 is 0 Å². The molecule has 0 radical (unpaired) electrons. The Labute approximate surface area is 140 Å². The normalized spacial score (nSPS) is 21.6. The summed E-state index contributed by atoms with van der Waals surface area (Å²) in [6, 6.07) is 10.5. The molecule has 2 unspecified atom stereocenters. The molecule has 3 heterocycles. The van der Waals surface area contributed by atoms with E-state index in [9.17, 15) is 4.79 Å². The van der Waals surface area contributed by atoms with Crippen LogP contribution in [-0.4, -0.2) is 37.6 Å². The molecule has 6 heteroatoms. The highest BCUT2D eigenvalue weighted by Crippen LogP contribution is 2.30. The second kappa shape index (κ2) is 5.87. The van der Waals surface area contributed by atoms with Crippen LogP contribution < -0.4 is 5.56 Å². The molecule has 1 aliphatic rings. The highest BCUT2D eigenvalue weighted by molar-refractivity contribution is 5.41. The summed E-state index contributed by atoms with van der Waals surface area (Å²) < 4.78 is 1.65. The highest BCUT2D eigenvalue weighted by atomic mass is 16.1. The smallest absolute Gasteiger partial charge is 0.276 e. The lowest BCUT2D eigenvalue weighted by Gasteiger charge is -2.15. The third kappa shape index (κ3) is 2.63. The predicted molar refractivity (Wildman–Crippen MR) is 92.0 cm³/mol. The number of H-pyrrole nitrogens is 1. The van der Waals surface area contributed by atoms with Crippen LogP contribution in [0.2, 0.25) is 0 Å². The van der Waals surface area contributed by atoms with Crippen molar-refractivity contribution in [1.82, 2.24) is 24.5 Å². The summed E-state index contributed by atoms with van der Waals surface area (Å²) in [4.78, 5) is 21.9. The average Bonchev–Trinajstić information content (AvgIpc) is 3.12. The summed E-state index contributed by atoms with van der Waals surface area (Å²) in [5.74, 6) is 2.17. The van der Waals surface area contributed by atoms with Crippen LogP contribution in [0.1, 0.15) is 30.1 Å². The number of likely N-dealkylation sites (tertiary alicyclic amines) is 1. The van der Waals surface area contributed by atoms with E-state index in [-0.39, 0.29) is 11.5 Å². The first kappa shape index (κ1) is 15.1. The van der Waals surface area contributed by atoms with E-state index in [1.54, 1.807) is 10.7 Å². The third-order valence-corrected chi connectivity index (χ3v) is 4.88. The largest absolute Gasteiger partial charge is 0.307 e. The molecule has 1 aromatic carbocycles. The van der Waals surface area contributed by atoms with Crippen LogP contribution in [0.3, 0.4) is 0 Å². The summed E-state index contributed by atoms with van der Waals surface area (Å²) in [6.07, 6.45) is 1.57. The number of nitrogens with one attached hydrogen (secondary N) is 1. The minimum absolute atomic E-state index is 0.116. The van der Waals surface area contributed by atoms with Gasteiger partial charge in [-0.05, 0) is 18.4 Å². The number of benzene rings is 1. The Morgan fingerprint density at radius 2 is 2.04 bits per heavy atom. The highest BCUT2D eigenvalue weighted by Gasteiger charge is 2.33. The van der Waals surface area contributed by atoms with Gasteiger partial charge in [0.05, 0.1) is 6.20 Å². The van der Waals surface area contributed by atoms with E-state index in [0.717, 1.165) is 31.3 Å². The van der Waals surface area contributed by atoms with Crippen molar-refractivity contribution in [2.24, 2.45) is 5.92 Å². The minimum Gasteiger partial charge on any atom is -0.307 e. The zero-order valence-electron chi connectivity index (χ0n) is 13.9. The number of aromatic amines is 1. The summed E-state index contributed by atoms with van der Waals surface area (Å²) in [6.45, 7) is 6.92. The van der Waals surface area contributed by atoms with Crippen molar-refractivity contribution in [2.45, 2.75) is 26.3 Å².